The first-order chi connectivity index (χ1) is 10.3. The van der Waals surface area contributed by atoms with Gasteiger partial charge in [-0.2, -0.15) is 0 Å². The lowest BCUT2D eigenvalue weighted by atomic mass is 10.2. The van der Waals surface area contributed by atoms with E-state index in [9.17, 15) is 9.59 Å². The van der Waals surface area contributed by atoms with Gasteiger partial charge in [0.1, 0.15) is 21.4 Å². The van der Waals surface area contributed by atoms with Crippen LogP contribution in [0.25, 0.3) is 0 Å². The maximum Gasteiger partial charge on any atom is 0.316 e. The molecule has 0 amide bonds. The number of thioether (sulfide) groups is 2. The molecule has 0 bridgehead atoms. The minimum atomic E-state index is -0.508. The molecule has 0 saturated carbocycles. The van der Waals surface area contributed by atoms with Gasteiger partial charge in [0.05, 0.1) is 12.0 Å². The number of furan rings is 1. The van der Waals surface area contributed by atoms with Crippen molar-refractivity contribution in [3.05, 3.63) is 35.9 Å². The Morgan fingerprint density at radius 3 is 2.91 bits per heavy atom. The van der Waals surface area contributed by atoms with Gasteiger partial charge in [0, 0.05) is 6.42 Å². The van der Waals surface area contributed by atoms with Crippen LogP contribution in [0.1, 0.15) is 26.5 Å². The van der Waals surface area contributed by atoms with Crippen molar-refractivity contribution in [3.8, 4) is 0 Å². The summed E-state index contributed by atoms with van der Waals surface area (Å²) >= 11 is 2.26. The van der Waals surface area contributed by atoms with Crippen LogP contribution in [-0.2, 0) is 20.7 Å². The van der Waals surface area contributed by atoms with E-state index in [1.807, 2.05) is 26.8 Å². The van der Waals surface area contributed by atoms with Gasteiger partial charge in [-0.25, -0.2) is 4.99 Å². The van der Waals surface area contributed by atoms with E-state index in [1.165, 1.54) is 11.8 Å². The van der Waals surface area contributed by atoms with Crippen LogP contribution in [0.15, 0.2) is 39.6 Å². The van der Waals surface area contributed by atoms with Crippen molar-refractivity contribution in [3.63, 3.8) is 0 Å². The molecule has 0 fully saturated rings. The van der Waals surface area contributed by atoms with Crippen LogP contribution in [-0.4, -0.2) is 26.8 Å². The Morgan fingerprint density at radius 1 is 1.50 bits per heavy atom. The molecule has 0 N–H and O–H groups in total. The van der Waals surface area contributed by atoms with Crippen LogP contribution in [0.3, 0.4) is 0 Å². The molecular weight excluding hydrogens is 322 g/mol. The van der Waals surface area contributed by atoms with Crippen molar-refractivity contribution in [1.82, 2.24) is 0 Å². The quantitative estimate of drug-likeness (QED) is 0.618. The van der Waals surface area contributed by atoms with E-state index in [0.29, 0.717) is 16.5 Å². The number of nitrogens with zero attached hydrogens (tertiary/aromatic N) is 1. The third-order valence-corrected chi connectivity index (χ3v) is 4.39. The predicted octanol–water partition coefficient (Wildman–Crippen LogP) is 3.41. The van der Waals surface area contributed by atoms with Gasteiger partial charge in [0.2, 0.25) is 5.12 Å². The van der Waals surface area contributed by atoms with Crippen LogP contribution in [0.5, 0.6) is 0 Å². The third kappa shape index (κ3) is 5.38. The molecule has 0 atom stereocenters. The van der Waals surface area contributed by atoms with E-state index >= 15 is 0 Å². The number of ether oxygens (including phenoxy) is 1. The fourth-order valence-electron chi connectivity index (χ4n) is 1.61. The lowest BCUT2D eigenvalue weighted by Gasteiger charge is -2.19. The Morgan fingerprint density at radius 2 is 2.27 bits per heavy atom. The van der Waals surface area contributed by atoms with Crippen LogP contribution >= 0.6 is 23.5 Å². The molecule has 0 radical (unpaired) electrons. The van der Waals surface area contributed by atoms with E-state index in [1.54, 1.807) is 18.4 Å². The Kier molecular flexibility index (Phi) is 5.52. The summed E-state index contributed by atoms with van der Waals surface area (Å²) in [6, 6.07) is 3.63. The first-order valence-electron chi connectivity index (χ1n) is 6.71. The molecule has 1 aliphatic rings. The maximum atomic E-state index is 11.8. The second kappa shape index (κ2) is 7.19. The molecule has 0 saturated heterocycles. The van der Waals surface area contributed by atoms with Crippen molar-refractivity contribution in [2.24, 2.45) is 4.99 Å². The average Bonchev–Trinajstić information content (AvgIpc) is 3.01. The first-order valence-corrected chi connectivity index (χ1v) is 8.52. The molecule has 1 aromatic heterocycles. The molecule has 0 spiro atoms. The normalized spacial score (nSPS) is 17.0. The van der Waals surface area contributed by atoms with Crippen LogP contribution in [0.2, 0.25) is 0 Å². The minimum absolute atomic E-state index is 0.113. The number of carbonyl (C=O) groups is 2. The van der Waals surface area contributed by atoms with Gasteiger partial charge in [-0.15, -0.1) is 0 Å². The molecule has 2 rings (SSSR count). The van der Waals surface area contributed by atoms with Crippen LogP contribution in [0, 0.1) is 0 Å². The smallest absolute Gasteiger partial charge is 0.316 e. The van der Waals surface area contributed by atoms with Crippen molar-refractivity contribution >= 4 is 39.0 Å². The van der Waals surface area contributed by atoms with Crippen LogP contribution < -0.4 is 0 Å². The Hall–Kier alpha value is -1.47. The molecule has 5 nitrogen and oxygen atoms in total. The topological polar surface area (TPSA) is 68.9 Å². The molecule has 2 heterocycles. The van der Waals surface area contributed by atoms with Gasteiger partial charge in [-0.3, -0.25) is 9.59 Å². The molecule has 1 aliphatic heterocycles. The summed E-state index contributed by atoms with van der Waals surface area (Å²) in [6.07, 6.45) is 3.84. The molecule has 7 heteroatoms. The summed E-state index contributed by atoms with van der Waals surface area (Å²) in [5.41, 5.74) is -0.111. The lowest BCUT2D eigenvalue weighted by Crippen LogP contribution is -2.25. The lowest BCUT2D eigenvalue weighted by molar-refractivity contribution is -0.151. The van der Waals surface area contributed by atoms with E-state index in [2.05, 4.69) is 4.99 Å². The molecule has 0 aliphatic carbocycles. The van der Waals surface area contributed by atoms with E-state index in [4.69, 9.17) is 9.15 Å². The molecular formula is C15H17NO4S2. The maximum absolute atomic E-state index is 11.8. The van der Waals surface area contributed by atoms with E-state index in [-0.39, 0.29) is 16.8 Å². The fourth-order valence-corrected chi connectivity index (χ4v) is 3.25. The summed E-state index contributed by atoms with van der Waals surface area (Å²) in [5, 5.41) is -0.113. The van der Waals surface area contributed by atoms with Crippen molar-refractivity contribution < 1.29 is 18.7 Å². The Labute approximate surface area is 137 Å². The van der Waals surface area contributed by atoms with E-state index in [0.717, 1.165) is 17.5 Å². The number of allylic oxidation sites excluding steroid dienone is 1. The molecule has 0 unspecified atom stereocenters. The summed E-state index contributed by atoms with van der Waals surface area (Å²) in [6.45, 7) is 5.45. The van der Waals surface area contributed by atoms with Gasteiger partial charge in [0.15, 0.2) is 0 Å². The number of rotatable bonds is 4. The monoisotopic (exact) mass is 339 g/mol. The second-order valence-electron chi connectivity index (χ2n) is 5.52. The molecule has 0 aromatic carbocycles. The molecule has 22 heavy (non-hydrogen) atoms. The SMILES string of the molecule is CC(C)(C)OC(=O)CSC1=N/C(=C\Cc2ccco2)C(=O)S1. The zero-order valence-corrected chi connectivity index (χ0v) is 14.3. The van der Waals surface area contributed by atoms with Gasteiger partial charge in [-0.05, 0) is 50.7 Å². The average molecular weight is 339 g/mol. The van der Waals surface area contributed by atoms with Crippen LogP contribution in [0.4, 0.5) is 0 Å². The summed E-state index contributed by atoms with van der Waals surface area (Å²) in [4.78, 5) is 27.7. The number of aliphatic imine (C=N–C) groups is 1. The first kappa shape index (κ1) is 16.9. The van der Waals surface area contributed by atoms with Crippen molar-refractivity contribution in [2.75, 3.05) is 5.75 Å². The summed E-state index contributed by atoms with van der Waals surface area (Å²) in [5.74, 6) is 0.596. The van der Waals surface area contributed by atoms with Gasteiger partial charge >= 0.3 is 5.97 Å². The number of hydrogen-bond donors (Lipinski definition) is 0. The second-order valence-corrected chi connectivity index (χ2v) is 7.70. The molecule has 1 aromatic rings. The molecule has 118 valence electrons. The summed E-state index contributed by atoms with van der Waals surface area (Å²) in [7, 11) is 0. The third-order valence-electron chi connectivity index (χ3n) is 2.41. The highest BCUT2D eigenvalue weighted by Gasteiger charge is 2.24. The summed E-state index contributed by atoms with van der Waals surface area (Å²) < 4.78 is 11.0. The number of esters is 1. The van der Waals surface area contributed by atoms with Gasteiger partial charge in [-0.1, -0.05) is 11.8 Å². The Bertz CT molecular complexity index is 612. The zero-order valence-electron chi connectivity index (χ0n) is 12.6. The fraction of sp³-hybridized carbons (Fsp3) is 0.400. The highest BCUT2D eigenvalue weighted by atomic mass is 32.2. The standard InChI is InChI=1S/C15H17NO4S2/c1-15(2,3)20-12(17)9-21-14-16-11(13(18)22-14)7-6-10-5-4-8-19-10/h4-5,7-8H,6,9H2,1-3H3/b11-7-. The highest BCUT2D eigenvalue weighted by molar-refractivity contribution is 8.45. The van der Waals surface area contributed by atoms with Crippen molar-refractivity contribution in [2.45, 2.75) is 32.8 Å². The predicted molar refractivity (Wildman–Crippen MR) is 88.8 cm³/mol. The Balaban J connectivity index is 1.87. The number of hydrogen-bond acceptors (Lipinski definition) is 7. The largest absolute Gasteiger partial charge is 0.469 e. The minimum Gasteiger partial charge on any atom is -0.469 e. The highest BCUT2D eigenvalue weighted by Crippen LogP contribution is 2.30. The zero-order chi connectivity index (χ0) is 16.2. The van der Waals surface area contributed by atoms with E-state index < -0.39 is 5.60 Å². The number of carbonyl (C=O) groups excluding carboxylic acids is 2. The van der Waals surface area contributed by atoms with Gasteiger partial charge < -0.3 is 9.15 Å². The van der Waals surface area contributed by atoms with Crippen molar-refractivity contribution in [1.29, 1.82) is 0 Å². The van der Waals surface area contributed by atoms with Gasteiger partial charge in [0.25, 0.3) is 0 Å².